The van der Waals surface area contributed by atoms with Gasteiger partial charge < -0.3 is 14.9 Å². The summed E-state index contributed by atoms with van der Waals surface area (Å²) in [6.07, 6.45) is 7.67. The number of aryl methyl sites for hydroxylation is 1. The number of piperazine rings is 1. The van der Waals surface area contributed by atoms with Gasteiger partial charge in [-0.1, -0.05) is 0 Å². The number of anilines is 2. The minimum absolute atomic E-state index is 0.0487. The number of aliphatic hydroxyl groups excluding tert-OH is 1. The van der Waals surface area contributed by atoms with Gasteiger partial charge in [0.2, 0.25) is 5.95 Å². The van der Waals surface area contributed by atoms with Crippen molar-refractivity contribution in [2.45, 2.75) is 32.7 Å². The van der Waals surface area contributed by atoms with Crippen molar-refractivity contribution in [3.63, 3.8) is 0 Å². The molecule has 3 aromatic heterocycles. The fourth-order valence-corrected chi connectivity index (χ4v) is 3.70. The molecule has 1 saturated heterocycles. The lowest BCUT2D eigenvalue weighted by Gasteiger charge is -2.48. The summed E-state index contributed by atoms with van der Waals surface area (Å²) in [7, 11) is 0. The van der Waals surface area contributed by atoms with Crippen LogP contribution in [0.4, 0.5) is 11.6 Å². The third kappa shape index (κ3) is 4.04. The van der Waals surface area contributed by atoms with E-state index in [-0.39, 0.29) is 12.1 Å². The van der Waals surface area contributed by atoms with Crippen molar-refractivity contribution < 1.29 is 5.11 Å². The van der Waals surface area contributed by atoms with Crippen molar-refractivity contribution in [3.8, 4) is 5.95 Å². The fraction of sp³-hybridized carbons (Fsp3) is 0.450. The minimum Gasteiger partial charge on any atom is -0.396 e. The molecule has 0 spiro atoms. The molecule has 1 aliphatic heterocycles. The zero-order chi connectivity index (χ0) is 20.4. The summed E-state index contributed by atoms with van der Waals surface area (Å²) in [6.45, 7) is 8.83. The van der Waals surface area contributed by atoms with Crippen LogP contribution in [0.1, 0.15) is 25.4 Å². The normalized spacial score (nSPS) is 16.3. The SMILES string of the molecule is Cc1cn(-c2nccc(N3CCN(c4ccnc(CCO)n4)C(C)(C)C3)n2)cn1. The Labute approximate surface area is 170 Å². The first-order chi connectivity index (χ1) is 14.0. The summed E-state index contributed by atoms with van der Waals surface area (Å²) in [5, 5.41) is 9.17. The fourth-order valence-electron chi connectivity index (χ4n) is 3.70. The van der Waals surface area contributed by atoms with Crippen molar-refractivity contribution in [2.24, 2.45) is 0 Å². The van der Waals surface area contributed by atoms with Crippen LogP contribution >= 0.6 is 0 Å². The predicted molar refractivity (Wildman–Crippen MR) is 110 cm³/mol. The third-order valence-electron chi connectivity index (χ3n) is 5.10. The van der Waals surface area contributed by atoms with E-state index < -0.39 is 0 Å². The van der Waals surface area contributed by atoms with Crippen LogP contribution in [0.15, 0.2) is 37.1 Å². The zero-order valence-corrected chi connectivity index (χ0v) is 17.0. The second-order valence-corrected chi connectivity index (χ2v) is 7.83. The Kier molecular flexibility index (Phi) is 5.14. The molecule has 0 saturated carbocycles. The Morgan fingerprint density at radius 2 is 1.83 bits per heavy atom. The number of hydrogen-bond acceptors (Lipinski definition) is 8. The van der Waals surface area contributed by atoms with Crippen LogP contribution in [0.25, 0.3) is 5.95 Å². The van der Waals surface area contributed by atoms with Gasteiger partial charge in [0.05, 0.1) is 17.8 Å². The molecule has 0 amide bonds. The van der Waals surface area contributed by atoms with Gasteiger partial charge in [-0.15, -0.1) is 0 Å². The van der Waals surface area contributed by atoms with Gasteiger partial charge in [0.1, 0.15) is 23.8 Å². The number of rotatable bonds is 5. The standard InChI is InChI=1S/C20H26N8O/c1-15-12-27(14-23-15)19-22-8-4-17(25-19)26-9-10-28(20(2,3)13-26)18-5-7-21-16(24-18)6-11-29/h4-5,7-8,12,14,29H,6,9-11,13H2,1-3H3. The summed E-state index contributed by atoms with van der Waals surface area (Å²) in [6, 6.07) is 3.88. The van der Waals surface area contributed by atoms with Gasteiger partial charge in [0, 0.05) is 44.6 Å². The molecule has 0 aliphatic carbocycles. The maximum Gasteiger partial charge on any atom is 0.236 e. The Bertz CT molecular complexity index is 986. The van der Waals surface area contributed by atoms with E-state index in [0.717, 1.165) is 37.0 Å². The number of aromatic nitrogens is 6. The molecule has 9 heteroatoms. The van der Waals surface area contributed by atoms with Gasteiger partial charge in [-0.25, -0.2) is 19.9 Å². The first-order valence-corrected chi connectivity index (χ1v) is 9.76. The summed E-state index contributed by atoms with van der Waals surface area (Å²) >= 11 is 0. The Balaban J connectivity index is 1.54. The van der Waals surface area contributed by atoms with Gasteiger partial charge in [0.15, 0.2) is 0 Å². The van der Waals surface area contributed by atoms with Gasteiger partial charge in [-0.2, -0.15) is 4.98 Å². The number of nitrogens with zero attached hydrogens (tertiary/aromatic N) is 8. The number of hydrogen-bond donors (Lipinski definition) is 1. The molecular weight excluding hydrogens is 368 g/mol. The highest BCUT2D eigenvalue weighted by Crippen LogP contribution is 2.28. The lowest BCUT2D eigenvalue weighted by Crippen LogP contribution is -2.60. The third-order valence-corrected chi connectivity index (χ3v) is 5.10. The molecule has 4 rings (SSSR count). The smallest absolute Gasteiger partial charge is 0.236 e. The molecule has 4 heterocycles. The van der Waals surface area contributed by atoms with E-state index in [9.17, 15) is 5.11 Å². The zero-order valence-electron chi connectivity index (χ0n) is 17.0. The Morgan fingerprint density at radius 3 is 2.55 bits per heavy atom. The van der Waals surface area contributed by atoms with Crippen molar-refractivity contribution >= 4 is 11.6 Å². The molecule has 1 fully saturated rings. The first kappa shape index (κ1) is 19.3. The second-order valence-electron chi connectivity index (χ2n) is 7.83. The highest BCUT2D eigenvalue weighted by molar-refractivity contribution is 5.48. The lowest BCUT2D eigenvalue weighted by molar-refractivity contribution is 0.296. The first-order valence-electron chi connectivity index (χ1n) is 9.76. The Morgan fingerprint density at radius 1 is 1.03 bits per heavy atom. The van der Waals surface area contributed by atoms with E-state index in [4.69, 9.17) is 4.98 Å². The van der Waals surface area contributed by atoms with E-state index in [1.807, 2.05) is 29.8 Å². The summed E-state index contributed by atoms with van der Waals surface area (Å²) in [5.74, 6) is 3.08. The highest BCUT2D eigenvalue weighted by Gasteiger charge is 2.35. The largest absolute Gasteiger partial charge is 0.396 e. The minimum atomic E-state index is -0.153. The second kappa shape index (κ2) is 7.75. The molecule has 1 aliphatic rings. The maximum atomic E-state index is 9.17. The topological polar surface area (TPSA) is 96.1 Å². The van der Waals surface area contributed by atoms with Crippen LogP contribution in [-0.2, 0) is 6.42 Å². The monoisotopic (exact) mass is 394 g/mol. The van der Waals surface area contributed by atoms with E-state index in [1.54, 1.807) is 18.7 Å². The van der Waals surface area contributed by atoms with Crippen LogP contribution in [0.5, 0.6) is 0 Å². The molecule has 3 aromatic rings. The van der Waals surface area contributed by atoms with Crippen LogP contribution in [-0.4, -0.2) is 66.4 Å². The van der Waals surface area contributed by atoms with E-state index in [2.05, 4.69) is 43.6 Å². The van der Waals surface area contributed by atoms with Crippen LogP contribution < -0.4 is 9.80 Å². The summed E-state index contributed by atoms with van der Waals surface area (Å²) < 4.78 is 1.84. The molecule has 152 valence electrons. The molecule has 1 N–H and O–H groups in total. The van der Waals surface area contributed by atoms with Gasteiger partial charge in [0.25, 0.3) is 0 Å². The molecule has 9 nitrogen and oxygen atoms in total. The van der Waals surface area contributed by atoms with Crippen LogP contribution in [0.2, 0.25) is 0 Å². The van der Waals surface area contributed by atoms with Crippen LogP contribution in [0, 0.1) is 6.92 Å². The highest BCUT2D eigenvalue weighted by atomic mass is 16.3. The maximum absolute atomic E-state index is 9.17. The van der Waals surface area contributed by atoms with E-state index in [0.29, 0.717) is 18.2 Å². The quantitative estimate of drug-likeness (QED) is 0.694. The van der Waals surface area contributed by atoms with Gasteiger partial charge in [-0.3, -0.25) is 4.57 Å². The average Bonchev–Trinajstić information content (AvgIpc) is 3.14. The van der Waals surface area contributed by atoms with Crippen molar-refractivity contribution in [2.75, 3.05) is 36.0 Å². The van der Waals surface area contributed by atoms with Crippen molar-refractivity contribution in [3.05, 3.63) is 48.6 Å². The van der Waals surface area contributed by atoms with E-state index >= 15 is 0 Å². The molecule has 0 atom stereocenters. The van der Waals surface area contributed by atoms with Gasteiger partial charge >= 0.3 is 0 Å². The molecule has 0 bridgehead atoms. The molecule has 0 aromatic carbocycles. The number of imidazole rings is 1. The summed E-state index contributed by atoms with van der Waals surface area (Å²) in [5.41, 5.74) is 0.777. The van der Waals surface area contributed by atoms with E-state index in [1.165, 1.54) is 0 Å². The predicted octanol–water partition coefficient (Wildman–Crippen LogP) is 1.40. The lowest BCUT2D eigenvalue weighted by atomic mass is 9.98. The van der Waals surface area contributed by atoms with Crippen LogP contribution in [0.3, 0.4) is 0 Å². The molecular formula is C20H26N8O. The average molecular weight is 394 g/mol. The summed E-state index contributed by atoms with van der Waals surface area (Å²) in [4.78, 5) is 26.8. The Hall–Kier alpha value is -3.07. The van der Waals surface area contributed by atoms with Crippen molar-refractivity contribution in [1.82, 2.24) is 29.5 Å². The molecule has 0 radical (unpaired) electrons. The van der Waals surface area contributed by atoms with Gasteiger partial charge in [-0.05, 0) is 32.9 Å². The number of aliphatic hydroxyl groups is 1. The molecule has 29 heavy (non-hydrogen) atoms. The molecule has 0 unspecified atom stereocenters. The van der Waals surface area contributed by atoms with Crippen molar-refractivity contribution in [1.29, 1.82) is 0 Å².